The van der Waals surface area contributed by atoms with Crippen molar-refractivity contribution in [3.8, 4) is 5.75 Å². The molecule has 1 atom stereocenters. The molecule has 3 aromatic rings. The summed E-state index contributed by atoms with van der Waals surface area (Å²) in [5.74, 6) is -0.369. The lowest BCUT2D eigenvalue weighted by molar-refractivity contribution is -0.140. The number of amides is 2. The number of para-hydroxylation sites is 2. The first-order valence-electron chi connectivity index (χ1n) is 14.2. The summed E-state index contributed by atoms with van der Waals surface area (Å²) in [6, 6.07) is 23.0. The van der Waals surface area contributed by atoms with Crippen LogP contribution in [0.25, 0.3) is 0 Å². The third-order valence-electron chi connectivity index (χ3n) is 7.35. The van der Waals surface area contributed by atoms with Gasteiger partial charge in [0.25, 0.3) is 0 Å². The van der Waals surface area contributed by atoms with Crippen LogP contribution >= 0.6 is 15.9 Å². The molecule has 0 heterocycles. The lowest BCUT2D eigenvalue weighted by atomic mass is 10.0. The summed E-state index contributed by atoms with van der Waals surface area (Å²) in [5, 5.41) is 3.18. The number of hydrogen-bond acceptors (Lipinski definition) is 5. The second-order valence-electron chi connectivity index (χ2n) is 10.5. The molecule has 8 nitrogen and oxygen atoms in total. The number of nitrogens with zero attached hydrogens (tertiary/aromatic N) is 2. The van der Waals surface area contributed by atoms with Gasteiger partial charge in [0.15, 0.2) is 0 Å². The van der Waals surface area contributed by atoms with Gasteiger partial charge in [0.05, 0.1) is 18.6 Å². The quantitative estimate of drug-likeness (QED) is 0.269. The molecule has 0 aliphatic heterocycles. The number of nitrogens with one attached hydrogen (secondary N) is 1. The molecule has 0 saturated heterocycles. The standard InChI is InChI=1S/C32H38BrN3O5S/c1-3-41-30-16-10-9-15-28(30)36(42(2,39)40)23-31(37)35(22-25-17-19-26(33)20-18-25)29(21-24-11-5-4-6-12-24)32(38)34-27-13-7-8-14-27/h4-6,9-12,15-20,27,29H,3,7-8,13-14,21-23H2,1-2H3,(H,34,38)/t29-/m0/s1. The van der Waals surface area contributed by atoms with Gasteiger partial charge in [-0.25, -0.2) is 8.42 Å². The molecule has 0 radical (unpaired) electrons. The summed E-state index contributed by atoms with van der Waals surface area (Å²) < 4.78 is 33.8. The smallest absolute Gasteiger partial charge is 0.244 e. The molecule has 2 amide bonds. The van der Waals surface area contributed by atoms with Gasteiger partial charge in [-0.2, -0.15) is 0 Å². The van der Waals surface area contributed by atoms with E-state index in [0.717, 1.165) is 51.8 Å². The van der Waals surface area contributed by atoms with Crippen molar-refractivity contribution >= 4 is 43.5 Å². The zero-order chi connectivity index (χ0) is 30.1. The minimum absolute atomic E-state index is 0.0611. The average Bonchev–Trinajstić information content (AvgIpc) is 3.48. The predicted octanol–water partition coefficient (Wildman–Crippen LogP) is 5.31. The Balaban J connectivity index is 1.73. The number of benzene rings is 3. The summed E-state index contributed by atoms with van der Waals surface area (Å²) in [7, 11) is -3.89. The van der Waals surface area contributed by atoms with Crippen LogP contribution in [0.5, 0.6) is 5.75 Å². The van der Waals surface area contributed by atoms with Crippen LogP contribution in [0.3, 0.4) is 0 Å². The highest BCUT2D eigenvalue weighted by molar-refractivity contribution is 9.10. The molecule has 224 valence electrons. The number of rotatable bonds is 13. The van der Waals surface area contributed by atoms with Crippen molar-refractivity contribution in [2.24, 2.45) is 0 Å². The van der Waals surface area contributed by atoms with E-state index in [2.05, 4.69) is 21.2 Å². The first-order valence-corrected chi connectivity index (χ1v) is 16.9. The maximum atomic E-state index is 14.3. The number of halogens is 1. The van der Waals surface area contributed by atoms with E-state index in [0.29, 0.717) is 12.4 Å². The number of sulfonamides is 1. The Morgan fingerprint density at radius 3 is 2.24 bits per heavy atom. The van der Waals surface area contributed by atoms with Crippen molar-refractivity contribution in [1.82, 2.24) is 10.2 Å². The Labute approximate surface area is 257 Å². The van der Waals surface area contributed by atoms with Crippen molar-refractivity contribution in [3.63, 3.8) is 0 Å². The van der Waals surface area contributed by atoms with Gasteiger partial charge in [0.1, 0.15) is 18.3 Å². The van der Waals surface area contributed by atoms with Crippen LogP contribution in [0.2, 0.25) is 0 Å². The molecule has 4 rings (SSSR count). The van der Waals surface area contributed by atoms with Crippen molar-refractivity contribution in [2.45, 2.75) is 57.7 Å². The first kappa shape index (κ1) is 31.6. The maximum absolute atomic E-state index is 14.3. The Bertz CT molecular complexity index is 1440. The molecule has 0 spiro atoms. The van der Waals surface area contributed by atoms with E-state index >= 15 is 0 Å². The topological polar surface area (TPSA) is 96.0 Å². The van der Waals surface area contributed by atoms with Crippen molar-refractivity contribution in [3.05, 3.63) is 94.5 Å². The second-order valence-corrected chi connectivity index (χ2v) is 13.3. The fourth-order valence-corrected chi connectivity index (χ4v) is 6.36. The van der Waals surface area contributed by atoms with E-state index in [4.69, 9.17) is 4.74 Å². The molecule has 1 aliphatic rings. The highest BCUT2D eigenvalue weighted by Gasteiger charge is 2.34. The van der Waals surface area contributed by atoms with Crippen LogP contribution in [0, 0.1) is 0 Å². The summed E-state index contributed by atoms with van der Waals surface area (Å²) in [6.45, 7) is 1.79. The monoisotopic (exact) mass is 655 g/mol. The van der Waals surface area contributed by atoms with Gasteiger partial charge in [-0.15, -0.1) is 0 Å². The number of ether oxygens (including phenoxy) is 1. The number of carbonyl (C=O) groups is 2. The van der Waals surface area contributed by atoms with Crippen LogP contribution < -0.4 is 14.4 Å². The molecule has 0 bridgehead atoms. The molecular formula is C32H38BrN3O5S. The van der Waals surface area contributed by atoms with E-state index in [9.17, 15) is 18.0 Å². The third-order valence-corrected chi connectivity index (χ3v) is 9.01. The molecule has 0 aromatic heterocycles. The lowest BCUT2D eigenvalue weighted by Crippen LogP contribution is -2.54. The molecule has 3 aromatic carbocycles. The summed E-state index contributed by atoms with van der Waals surface area (Å²) in [5.41, 5.74) is 1.99. The first-order chi connectivity index (χ1) is 20.2. The Kier molecular flexibility index (Phi) is 11.0. The van der Waals surface area contributed by atoms with E-state index < -0.39 is 28.5 Å². The van der Waals surface area contributed by atoms with E-state index in [-0.39, 0.29) is 30.6 Å². The lowest BCUT2D eigenvalue weighted by Gasteiger charge is -2.34. The van der Waals surface area contributed by atoms with Crippen LogP contribution in [-0.2, 0) is 32.6 Å². The van der Waals surface area contributed by atoms with Gasteiger partial charge in [-0.3, -0.25) is 13.9 Å². The zero-order valence-electron chi connectivity index (χ0n) is 24.0. The van der Waals surface area contributed by atoms with Crippen LogP contribution in [0.4, 0.5) is 5.69 Å². The van der Waals surface area contributed by atoms with Gasteiger partial charge in [-0.05, 0) is 55.2 Å². The fraction of sp³-hybridized carbons (Fsp3) is 0.375. The minimum atomic E-state index is -3.89. The molecule has 1 aliphatic carbocycles. The fourth-order valence-electron chi connectivity index (χ4n) is 5.24. The molecular weight excluding hydrogens is 618 g/mol. The normalized spacial score (nSPS) is 14.3. The Hall–Kier alpha value is -3.37. The Morgan fingerprint density at radius 2 is 1.60 bits per heavy atom. The molecule has 42 heavy (non-hydrogen) atoms. The average molecular weight is 657 g/mol. The zero-order valence-corrected chi connectivity index (χ0v) is 26.4. The summed E-state index contributed by atoms with van der Waals surface area (Å²) >= 11 is 3.46. The van der Waals surface area contributed by atoms with Gasteiger partial charge >= 0.3 is 0 Å². The SMILES string of the molecule is CCOc1ccccc1N(CC(=O)N(Cc1ccc(Br)cc1)[C@@H](Cc1ccccc1)C(=O)NC1CCCC1)S(C)(=O)=O. The molecule has 1 N–H and O–H groups in total. The van der Waals surface area contributed by atoms with Gasteiger partial charge < -0.3 is 15.0 Å². The highest BCUT2D eigenvalue weighted by Crippen LogP contribution is 2.30. The van der Waals surface area contributed by atoms with Crippen LogP contribution in [0.15, 0.2) is 83.3 Å². The molecule has 1 saturated carbocycles. The van der Waals surface area contributed by atoms with Crippen molar-refractivity contribution < 1.29 is 22.7 Å². The van der Waals surface area contributed by atoms with Crippen LogP contribution in [0.1, 0.15) is 43.7 Å². The van der Waals surface area contributed by atoms with Crippen molar-refractivity contribution in [1.29, 1.82) is 0 Å². The minimum Gasteiger partial charge on any atom is -0.492 e. The van der Waals surface area contributed by atoms with Crippen molar-refractivity contribution in [2.75, 3.05) is 23.7 Å². The summed E-state index contributed by atoms with van der Waals surface area (Å²) in [6.07, 6.45) is 5.27. The van der Waals surface area contributed by atoms with E-state index in [1.807, 2.05) is 61.5 Å². The van der Waals surface area contributed by atoms with Crippen LogP contribution in [-0.4, -0.2) is 56.6 Å². The third kappa shape index (κ3) is 8.58. The van der Waals surface area contributed by atoms with Gasteiger partial charge in [-0.1, -0.05) is 83.4 Å². The maximum Gasteiger partial charge on any atom is 0.244 e. The highest BCUT2D eigenvalue weighted by atomic mass is 79.9. The summed E-state index contributed by atoms with van der Waals surface area (Å²) in [4.78, 5) is 29.7. The largest absolute Gasteiger partial charge is 0.492 e. The van der Waals surface area contributed by atoms with Gasteiger partial charge in [0.2, 0.25) is 21.8 Å². The molecule has 0 unspecified atom stereocenters. The second kappa shape index (κ2) is 14.7. The molecule has 10 heteroatoms. The van der Waals surface area contributed by atoms with Gasteiger partial charge in [0, 0.05) is 23.5 Å². The number of carbonyl (C=O) groups excluding carboxylic acids is 2. The van der Waals surface area contributed by atoms with E-state index in [1.165, 1.54) is 4.90 Å². The number of hydrogen-bond donors (Lipinski definition) is 1. The Morgan fingerprint density at radius 1 is 0.952 bits per heavy atom. The molecule has 1 fully saturated rings. The number of anilines is 1. The predicted molar refractivity (Wildman–Crippen MR) is 169 cm³/mol. The van der Waals surface area contributed by atoms with E-state index in [1.54, 1.807) is 24.3 Å².